The van der Waals surface area contributed by atoms with Crippen molar-refractivity contribution in [2.24, 2.45) is 0 Å². The fraction of sp³-hybridized carbons (Fsp3) is 0. The second kappa shape index (κ2) is 5.46. The van der Waals surface area contributed by atoms with Crippen LogP contribution in [0.1, 0.15) is 0 Å². The van der Waals surface area contributed by atoms with E-state index in [2.05, 4.69) is 14.1 Å². The molecule has 0 radical (unpaired) electrons. The van der Waals surface area contributed by atoms with Crippen LogP contribution in [0, 0.1) is 5.82 Å². The van der Waals surface area contributed by atoms with Crippen LogP contribution in [0.4, 0.5) is 21.5 Å². The Hall–Kier alpha value is -1.34. The quantitative estimate of drug-likeness (QED) is 0.621. The van der Waals surface area contributed by atoms with Crippen LogP contribution in [0.25, 0.3) is 11.0 Å². The number of hydrogen-bond acceptors (Lipinski definition) is 5. The summed E-state index contributed by atoms with van der Waals surface area (Å²) in [4.78, 5) is 0. The Bertz CT molecular complexity index is 852. The van der Waals surface area contributed by atoms with Crippen LogP contribution in [0.3, 0.4) is 0 Å². The summed E-state index contributed by atoms with van der Waals surface area (Å²) in [7, 11) is 0. The average molecular weight is 364 g/mol. The molecule has 0 spiro atoms. The Balaban J connectivity index is 2.14. The van der Waals surface area contributed by atoms with Crippen LogP contribution in [-0.4, -0.2) is 8.75 Å². The van der Waals surface area contributed by atoms with Gasteiger partial charge in [0.05, 0.1) is 43.9 Å². The van der Waals surface area contributed by atoms with Gasteiger partial charge in [0.2, 0.25) is 0 Å². The smallest absolute Gasteiger partial charge is 0.144 e. The summed E-state index contributed by atoms with van der Waals surface area (Å²) >= 11 is 18.9. The molecule has 0 aliphatic carbocycles. The highest BCUT2D eigenvalue weighted by molar-refractivity contribution is 7.00. The molecule has 3 aromatic rings. The van der Waals surface area contributed by atoms with E-state index in [9.17, 15) is 4.39 Å². The van der Waals surface area contributed by atoms with Crippen molar-refractivity contribution in [3.05, 3.63) is 39.1 Å². The molecule has 2 aromatic carbocycles. The van der Waals surface area contributed by atoms with Gasteiger partial charge < -0.3 is 11.1 Å². The first-order valence-corrected chi connectivity index (χ1v) is 7.45. The van der Waals surface area contributed by atoms with Gasteiger partial charge in [-0.15, -0.1) is 0 Å². The minimum absolute atomic E-state index is 0.0549. The first-order chi connectivity index (χ1) is 9.97. The second-order valence-electron chi connectivity index (χ2n) is 4.16. The molecule has 0 amide bonds. The molecular weight excluding hydrogens is 358 g/mol. The summed E-state index contributed by atoms with van der Waals surface area (Å²) in [5, 5.41) is 3.62. The topological polar surface area (TPSA) is 63.8 Å². The van der Waals surface area contributed by atoms with E-state index in [0.717, 1.165) is 11.7 Å². The number of fused-ring (bicyclic) bond motifs is 1. The molecule has 0 atom stereocenters. The molecule has 21 heavy (non-hydrogen) atoms. The molecule has 9 heteroatoms. The van der Waals surface area contributed by atoms with Crippen LogP contribution in [0.2, 0.25) is 15.1 Å². The van der Waals surface area contributed by atoms with Gasteiger partial charge in [0.15, 0.2) is 0 Å². The number of anilines is 3. The minimum atomic E-state index is -0.592. The van der Waals surface area contributed by atoms with Crippen LogP contribution >= 0.6 is 46.5 Å². The number of rotatable bonds is 2. The molecule has 0 aliphatic rings. The molecule has 1 aromatic heterocycles. The lowest BCUT2D eigenvalue weighted by Crippen LogP contribution is -1.99. The van der Waals surface area contributed by atoms with Crippen molar-refractivity contribution >= 4 is 74.6 Å². The maximum absolute atomic E-state index is 13.6. The van der Waals surface area contributed by atoms with Gasteiger partial charge in [-0.05, 0) is 12.1 Å². The van der Waals surface area contributed by atoms with E-state index in [1.54, 1.807) is 0 Å². The van der Waals surface area contributed by atoms with Crippen LogP contribution in [0.15, 0.2) is 18.2 Å². The highest BCUT2D eigenvalue weighted by Gasteiger charge is 2.16. The van der Waals surface area contributed by atoms with Gasteiger partial charge in [-0.1, -0.05) is 34.8 Å². The van der Waals surface area contributed by atoms with Gasteiger partial charge in [-0.3, -0.25) is 0 Å². The molecule has 0 saturated carbocycles. The maximum atomic E-state index is 13.6. The number of halogens is 4. The third-order valence-electron chi connectivity index (χ3n) is 2.80. The number of nitrogen functional groups attached to an aromatic ring is 1. The summed E-state index contributed by atoms with van der Waals surface area (Å²) in [5.41, 5.74) is 7.90. The number of aromatic nitrogens is 2. The molecule has 0 bridgehead atoms. The Labute approximate surface area is 137 Å². The maximum Gasteiger partial charge on any atom is 0.144 e. The molecule has 3 rings (SSSR count). The van der Waals surface area contributed by atoms with E-state index < -0.39 is 5.82 Å². The van der Waals surface area contributed by atoms with E-state index in [4.69, 9.17) is 40.5 Å². The third kappa shape index (κ3) is 2.60. The standard InChI is InChI=1S/C12H6Cl3FN4S/c13-4-2-8(17)9(3-7(4)16)18-10-5(14)1-6(15)11-12(10)20-21-19-11/h1-3,18H,17H2. The molecule has 108 valence electrons. The zero-order valence-corrected chi connectivity index (χ0v) is 13.2. The summed E-state index contributed by atoms with van der Waals surface area (Å²) < 4.78 is 21.8. The molecule has 0 aliphatic heterocycles. The van der Waals surface area contributed by atoms with Crippen LogP contribution < -0.4 is 11.1 Å². The van der Waals surface area contributed by atoms with Crippen molar-refractivity contribution in [2.45, 2.75) is 0 Å². The van der Waals surface area contributed by atoms with Crippen molar-refractivity contribution in [3.63, 3.8) is 0 Å². The Morgan fingerprint density at radius 2 is 1.71 bits per heavy atom. The fourth-order valence-electron chi connectivity index (χ4n) is 1.80. The number of benzene rings is 2. The van der Waals surface area contributed by atoms with E-state index in [1.165, 1.54) is 18.2 Å². The van der Waals surface area contributed by atoms with Gasteiger partial charge >= 0.3 is 0 Å². The predicted octanol–water partition coefficient (Wildman–Crippen LogP) is 5.12. The van der Waals surface area contributed by atoms with Gasteiger partial charge in [-0.2, -0.15) is 8.75 Å². The minimum Gasteiger partial charge on any atom is -0.397 e. The average Bonchev–Trinajstić information content (AvgIpc) is 2.90. The van der Waals surface area contributed by atoms with Crippen molar-refractivity contribution in [1.82, 2.24) is 8.75 Å². The molecule has 0 unspecified atom stereocenters. The lowest BCUT2D eigenvalue weighted by Gasteiger charge is -2.12. The van der Waals surface area contributed by atoms with Crippen molar-refractivity contribution in [3.8, 4) is 0 Å². The number of nitrogens with one attached hydrogen (secondary N) is 1. The molecular formula is C12H6Cl3FN4S. The summed E-state index contributed by atoms with van der Waals surface area (Å²) in [5.74, 6) is -0.592. The van der Waals surface area contributed by atoms with Crippen LogP contribution in [-0.2, 0) is 0 Å². The predicted molar refractivity (Wildman–Crippen MR) is 86.5 cm³/mol. The molecule has 4 nitrogen and oxygen atoms in total. The van der Waals surface area contributed by atoms with E-state index in [1.807, 2.05) is 0 Å². The van der Waals surface area contributed by atoms with E-state index in [0.29, 0.717) is 32.5 Å². The van der Waals surface area contributed by atoms with E-state index >= 15 is 0 Å². The number of nitrogens with zero attached hydrogens (tertiary/aromatic N) is 2. The molecule has 0 fully saturated rings. The Morgan fingerprint density at radius 3 is 2.48 bits per heavy atom. The third-order valence-corrected chi connectivity index (χ3v) is 4.20. The molecule has 3 N–H and O–H groups in total. The van der Waals surface area contributed by atoms with Gasteiger partial charge in [0, 0.05) is 6.07 Å². The highest BCUT2D eigenvalue weighted by atomic mass is 35.5. The molecule has 1 heterocycles. The van der Waals surface area contributed by atoms with Gasteiger partial charge in [0.25, 0.3) is 0 Å². The number of hydrogen-bond donors (Lipinski definition) is 2. The summed E-state index contributed by atoms with van der Waals surface area (Å²) in [6.07, 6.45) is 0. The zero-order chi connectivity index (χ0) is 15.1. The normalized spacial score (nSPS) is 11.0. The van der Waals surface area contributed by atoms with Gasteiger partial charge in [-0.25, -0.2) is 4.39 Å². The molecule has 0 saturated heterocycles. The van der Waals surface area contributed by atoms with E-state index in [-0.39, 0.29) is 10.7 Å². The van der Waals surface area contributed by atoms with Crippen molar-refractivity contribution in [2.75, 3.05) is 11.1 Å². The zero-order valence-electron chi connectivity index (χ0n) is 10.1. The second-order valence-corrected chi connectivity index (χ2v) is 5.91. The SMILES string of the molecule is Nc1cc(Cl)c(F)cc1Nc1c(Cl)cc(Cl)c2nsnc12. The van der Waals surface area contributed by atoms with Gasteiger partial charge in [0.1, 0.15) is 16.9 Å². The van der Waals surface area contributed by atoms with Crippen molar-refractivity contribution in [1.29, 1.82) is 0 Å². The first-order valence-electron chi connectivity index (χ1n) is 5.59. The largest absolute Gasteiger partial charge is 0.397 e. The highest BCUT2D eigenvalue weighted by Crippen LogP contribution is 2.38. The Kier molecular flexibility index (Phi) is 3.79. The first kappa shape index (κ1) is 14.6. The Morgan fingerprint density at radius 1 is 1.00 bits per heavy atom. The fourth-order valence-corrected chi connectivity index (χ4v) is 3.13. The van der Waals surface area contributed by atoms with Crippen LogP contribution in [0.5, 0.6) is 0 Å². The monoisotopic (exact) mass is 362 g/mol. The lowest BCUT2D eigenvalue weighted by atomic mass is 10.2. The summed E-state index contributed by atoms with van der Waals surface area (Å²) in [6.45, 7) is 0. The number of nitrogens with two attached hydrogens (primary N) is 1. The van der Waals surface area contributed by atoms with Crippen molar-refractivity contribution < 1.29 is 4.39 Å². The summed E-state index contributed by atoms with van der Waals surface area (Å²) in [6, 6.07) is 4.05. The lowest BCUT2D eigenvalue weighted by molar-refractivity contribution is 0.629.